The smallest absolute Gasteiger partial charge is 0.343 e. The van der Waals surface area contributed by atoms with Crippen LogP contribution < -0.4 is 9.47 Å². The van der Waals surface area contributed by atoms with Gasteiger partial charge in [0.1, 0.15) is 5.56 Å². The number of aromatic nitrogens is 1. The lowest BCUT2D eigenvalue weighted by atomic mass is 10.2. The molecule has 1 heterocycles. The molecule has 0 amide bonds. The fraction of sp³-hybridized carbons (Fsp3) is 0.375. The SMILES string of the molecule is COc1cnc(OC)c([N+](=O)[O-])c1C(F)F. The molecule has 0 saturated carbocycles. The maximum atomic E-state index is 12.7. The lowest BCUT2D eigenvalue weighted by Crippen LogP contribution is -2.04. The second kappa shape index (κ2) is 4.69. The van der Waals surface area contributed by atoms with Crippen LogP contribution in [0.4, 0.5) is 14.5 Å². The first-order valence-electron chi connectivity index (χ1n) is 4.06. The van der Waals surface area contributed by atoms with E-state index < -0.39 is 28.5 Å². The number of nitro groups is 1. The van der Waals surface area contributed by atoms with E-state index >= 15 is 0 Å². The zero-order chi connectivity index (χ0) is 12.3. The van der Waals surface area contributed by atoms with Crippen LogP contribution >= 0.6 is 0 Å². The summed E-state index contributed by atoms with van der Waals surface area (Å²) >= 11 is 0. The van der Waals surface area contributed by atoms with E-state index in [-0.39, 0.29) is 5.75 Å². The highest BCUT2D eigenvalue weighted by molar-refractivity contribution is 5.55. The van der Waals surface area contributed by atoms with E-state index in [0.717, 1.165) is 20.4 Å². The molecule has 1 rings (SSSR count). The second-order valence-corrected chi connectivity index (χ2v) is 2.66. The van der Waals surface area contributed by atoms with Gasteiger partial charge in [0.15, 0.2) is 5.75 Å². The number of hydrogen-bond acceptors (Lipinski definition) is 5. The van der Waals surface area contributed by atoms with E-state index in [1.807, 2.05) is 0 Å². The van der Waals surface area contributed by atoms with Crippen molar-refractivity contribution in [3.63, 3.8) is 0 Å². The molecule has 88 valence electrons. The summed E-state index contributed by atoms with van der Waals surface area (Å²) in [5, 5.41) is 10.7. The first-order valence-corrected chi connectivity index (χ1v) is 4.06. The summed E-state index contributed by atoms with van der Waals surface area (Å²) in [6, 6.07) is 0. The summed E-state index contributed by atoms with van der Waals surface area (Å²) in [7, 11) is 2.23. The van der Waals surface area contributed by atoms with Crippen LogP contribution in [0.1, 0.15) is 12.0 Å². The van der Waals surface area contributed by atoms with Gasteiger partial charge in [-0.15, -0.1) is 0 Å². The summed E-state index contributed by atoms with van der Waals surface area (Å²) in [5.74, 6) is -0.816. The normalized spacial score (nSPS) is 10.3. The lowest BCUT2D eigenvalue weighted by molar-refractivity contribution is -0.387. The number of halogens is 2. The van der Waals surface area contributed by atoms with E-state index in [9.17, 15) is 18.9 Å². The van der Waals surface area contributed by atoms with Gasteiger partial charge in [-0.05, 0) is 0 Å². The Morgan fingerprint density at radius 2 is 2.06 bits per heavy atom. The van der Waals surface area contributed by atoms with Crippen LogP contribution in [0.3, 0.4) is 0 Å². The fourth-order valence-corrected chi connectivity index (χ4v) is 1.18. The Bertz CT molecular complexity index is 411. The quantitative estimate of drug-likeness (QED) is 0.587. The van der Waals surface area contributed by atoms with Gasteiger partial charge in [0.05, 0.1) is 25.3 Å². The largest absolute Gasteiger partial charge is 0.494 e. The third-order valence-corrected chi connectivity index (χ3v) is 1.84. The lowest BCUT2D eigenvalue weighted by Gasteiger charge is -2.09. The highest BCUT2D eigenvalue weighted by atomic mass is 19.3. The van der Waals surface area contributed by atoms with E-state index in [2.05, 4.69) is 14.5 Å². The van der Waals surface area contributed by atoms with Gasteiger partial charge < -0.3 is 9.47 Å². The third kappa shape index (κ3) is 2.00. The fourth-order valence-electron chi connectivity index (χ4n) is 1.18. The molecule has 1 aromatic rings. The topological polar surface area (TPSA) is 74.5 Å². The van der Waals surface area contributed by atoms with Crippen molar-refractivity contribution in [1.29, 1.82) is 0 Å². The summed E-state index contributed by atoms with van der Waals surface area (Å²) in [6.07, 6.45) is -2.10. The molecule has 6 nitrogen and oxygen atoms in total. The van der Waals surface area contributed by atoms with Crippen molar-refractivity contribution >= 4 is 5.69 Å². The summed E-state index contributed by atoms with van der Waals surface area (Å²) in [5.41, 5.74) is -1.71. The molecule has 1 aromatic heterocycles. The van der Waals surface area contributed by atoms with Crippen molar-refractivity contribution < 1.29 is 23.2 Å². The Morgan fingerprint density at radius 1 is 1.44 bits per heavy atom. The molecular formula is C8H8F2N2O4. The molecule has 8 heteroatoms. The van der Waals surface area contributed by atoms with Gasteiger partial charge in [-0.1, -0.05) is 0 Å². The Labute approximate surface area is 89.0 Å². The predicted octanol–water partition coefficient (Wildman–Crippen LogP) is 1.94. The van der Waals surface area contributed by atoms with E-state index in [0.29, 0.717) is 0 Å². The number of ether oxygens (including phenoxy) is 2. The van der Waals surface area contributed by atoms with Crippen LogP contribution in [-0.2, 0) is 0 Å². The van der Waals surface area contributed by atoms with E-state index in [1.165, 1.54) is 0 Å². The molecule has 0 N–H and O–H groups in total. The monoisotopic (exact) mass is 234 g/mol. The number of hydrogen-bond donors (Lipinski definition) is 0. The van der Waals surface area contributed by atoms with Gasteiger partial charge in [-0.25, -0.2) is 13.8 Å². The van der Waals surface area contributed by atoms with Gasteiger partial charge in [0.25, 0.3) is 12.3 Å². The first-order chi connectivity index (χ1) is 7.52. The van der Waals surface area contributed by atoms with Gasteiger partial charge in [-0.2, -0.15) is 0 Å². The van der Waals surface area contributed by atoms with Crippen LogP contribution in [0.5, 0.6) is 11.6 Å². The van der Waals surface area contributed by atoms with E-state index in [4.69, 9.17) is 0 Å². The van der Waals surface area contributed by atoms with Crippen LogP contribution in [0.15, 0.2) is 6.20 Å². The molecule has 0 radical (unpaired) electrons. The molecular weight excluding hydrogens is 226 g/mol. The summed E-state index contributed by atoms with van der Waals surface area (Å²) < 4.78 is 34.5. The maximum Gasteiger partial charge on any atom is 0.343 e. The van der Waals surface area contributed by atoms with Crippen LogP contribution in [0.2, 0.25) is 0 Å². The molecule has 0 fully saturated rings. The zero-order valence-corrected chi connectivity index (χ0v) is 8.44. The second-order valence-electron chi connectivity index (χ2n) is 2.66. The van der Waals surface area contributed by atoms with Gasteiger partial charge in [0.2, 0.25) is 0 Å². The number of pyridine rings is 1. The molecule has 0 saturated heterocycles. The van der Waals surface area contributed by atoms with Crippen LogP contribution in [0.25, 0.3) is 0 Å². The number of nitrogens with zero attached hydrogens (tertiary/aromatic N) is 2. The van der Waals surface area contributed by atoms with Gasteiger partial charge >= 0.3 is 5.69 Å². The molecule has 0 bridgehead atoms. The van der Waals surface area contributed by atoms with Gasteiger partial charge in [0, 0.05) is 0 Å². The number of alkyl halides is 2. The first kappa shape index (κ1) is 12.1. The van der Waals surface area contributed by atoms with Crippen molar-refractivity contribution in [3.05, 3.63) is 21.9 Å². The molecule has 0 spiro atoms. The average molecular weight is 234 g/mol. The van der Waals surface area contributed by atoms with Crippen molar-refractivity contribution in [2.45, 2.75) is 6.43 Å². The molecule has 0 aliphatic rings. The molecule has 0 unspecified atom stereocenters. The molecule has 0 aliphatic carbocycles. The zero-order valence-electron chi connectivity index (χ0n) is 8.44. The molecule has 16 heavy (non-hydrogen) atoms. The molecule has 0 atom stereocenters. The third-order valence-electron chi connectivity index (χ3n) is 1.84. The maximum absolute atomic E-state index is 12.7. The Kier molecular flexibility index (Phi) is 3.54. The highest BCUT2D eigenvalue weighted by Gasteiger charge is 2.32. The minimum Gasteiger partial charge on any atom is -0.494 e. The minimum absolute atomic E-state index is 0.345. The van der Waals surface area contributed by atoms with Crippen molar-refractivity contribution in [1.82, 2.24) is 4.98 Å². The van der Waals surface area contributed by atoms with Gasteiger partial charge in [-0.3, -0.25) is 10.1 Å². The van der Waals surface area contributed by atoms with Crippen LogP contribution in [0, 0.1) is 10.1 Å². The highest BCUT2D eigenvalue weighted by Crippen LogP contribution is 2.40. The summed E-state index contributed by atoms with van der Waals surface area (Å²) in [6.45, 7) is 0. The molecule has 0 aliphatic heterocycles. The van der Waals surface area contributed by atoms with Crippen molar-refractivity contribution in [3.8, 4) is 11.6 Å². The summed E-state index contributed by atoms with van der Waals surface area (Å²) in [4.78, 5) is 13.2. The van der Waals surface area contributed by atoms with E-state index in [1.54, 1.807) is 0 Å². The Morgan fingerprint density at radius 3 is 2.44 bits per heavy atom. The predicted molar refractivity (Wildman–Crippen MR) is 49.0 cm³/mol. The molecule has 0 aromatic carbocycles. The van der Waals surface area contributed by atoms with Crippen LogP contribution in [-0.4, -0.2) is 24.1 Å². The number of methoxy groups -OCH3 is 2. The Hall–Kier alpha value is -1.99. The standard InChI is InChI=1S/C8H8F2N2O4/c1-15-4-3-11-8(16-2)6(12(13)14)5(4)7(9)10/h3,7H,1-2H3. The van der Waals surface area contributed by atoms with Crippen molar-refractivity contribution in [2.24, 2.45) is 0 Å². The Balaban J connectivity index is 3.53. The van der Waals surface area contributed by atoms with Crippen molar-refractivity contribution in [2.75, 3.05) is 14.2 Å². The average Bonchev–Trinajstić information content (AvgIpc) is 2.26. The minimum atomic E-state index is -3.05. The number of rotatable bonds is 4.